The Morgan fingerprint density at radius 1 is 1.37 bits per heavy atom. The zero-order valence-corrected chi connectivity index (χ0v) is 15.5. The molecule has 0 aliphatic carbocycles. The van der Waals surface area contributed by atoms with Gasteiger partial charge in [0.1, 0.15) is 5.75 Å². The van der Waals surface area contributed by atoms with Crippen LogP contribution < -0.4 is 10.1 Å². The Morgan fingerprint density at radius 2 is 2.07 bits per heavy atom. The molecule has 27 heavy (non-hydrogen) atoms. The van der Waals surface area contributed by atoms with E-state index in [0.29, 0.717) is 30.3 Å². The number of hydrogen-bond donors (Lipinski definition) is 2. The van der Waals surface area contributed by atoms with Crippen molar-refractivity contribution >= 4 is 17.3 Å². The maximum Gasteiger partial charge on any atom is 0.332 e. The van der Waals surface area contributed by atoms with Crippen LogP contribution in [0.25, 0.3) is 16.0 Å². The van der Waals surface area contributed by atoms with Gasteiger partial charge in [-0.15, -0.1) is 0 Å². The van der Waals surface area contributed by atoms with Crippen LogP contribution in [0.3, 0.4) is 0 Å². The maximum absolute atomic E-state index is 11.0. The molecule has 1 aliphatic heterocycles. The van der Waals surface area contributed by atoms with Crippen LogP contribution in [0.2, 0.25) is 0 Å². The molecule has 2 aromatic rings. The molecule has 5 heteroatoms. The van der Waals surface area contributed by atoms with Crippen LogP contribution in [0.15, 0.2) is 42.5 Å². The van der Waals surface area contributed by atoms with Crippen molar-refractivity contribution in [2.75, 3.05) is 18.5 Å². The first-order valence-corrected chi connectivity index (χ1v) is 8.87. The molecule has 1 heterocycles. The quantitative estimate of drug-likeness (QED) is 0.560. The van der Waals surface area contributed by atoms with Crippen LogP contribution in [-0.2, 0) is 11.2 Å². The van der Waals surface area contributed by atoms with Gasteiger partial charge in [0.25, 0.3) is 0 Å². The second kappa shape index (κ2) is 7.55. The lowest BCUT2D eigenvalue weighted by molar-refractivity contribution is -0.132. The zero-order chi connectivity index (χ0) is 19.6. The van der Waals surface area contributed by atoms with Gasteiger partial charge in [-0.2, -0.15) is 0 Å². The number of benzene rings is 2. The van der Waals surface area contributed by atoms with Crippen molar-refractivity contribution in [3.05, 3.63) is 65.0 Å². The van der Waals surface area contributed by atoms with E-state index in [0.717, 1.165) is 22.4 Å². The molecule has 0 bridgehead atoms. The number of rotatable bonds is 6. The lowest BCUT2D eigenvalue weighted by Crippen LogP contribution is -2.11. The molecular weight excluding hydrogens is 340 g/mol. The van der Waals surface area contributed by atoms with E-state index in [-0.39, 0.29) is 12.1 Å². The highest BCUT2D eigenvalue weighted by Crippen LogP contribution is 2.46. The van der Waals surface area contributed by atoms with Gasteiger partial charge in [-0.3, -0.25) is 0 Å². The van der Waals surface area contributed by atoms with E-state index < -0.39 is 5.97 Å². The van der Waals surface area contributed by atoms with E-state index in [1.165, 1.54) is 5.56 Å². The van der Waals surface area contributed by atoms with Gasteiger partial charge in [0, 0.05) is 35.4 Å². The first-order chi connectivity index (χ1) is 12.9. The summed E-state index contributed by atoms with van der Waals surface area (Å²) in [7, 11) is 0. The van der Waals surface area contributed by atoms with Crippen LogP contribution in [-0.4, -0.2) is 24.2 Å². The van der Waals surface area contributed by atoms with Gasteiger partial charge in [0.05, 0.1) is 13.2 Å². The Kier molecular flexibility index (Phi) is 5.18. The van der Waals surface area contributed by atoms with E-state index in [9.17, 15) is 4.79 Å². The Balaban J connectivity index is 2.05. The minimum absolute atomic E-state index is 0.0468. The lowest BCUT2D eigenvalue weighted by Gasteiger charge is -2.16. The molecule has 0 spiro atoms. The molecule has 3 rings (SSSR count). The van der Waals surface area contributed by atoms with Gasteiger partial charge in [-0.25, -0.2) is 9.64 Å². The number of nitrogens with one attached hydrogen (secondary N) is 1. The van der Waals surface area contributed by atoms with Gasteiger partial charge >= 0.3 is 5.97 Å². The number of carboxylic acid groups (broad SMARTS) is 1. The van der Waals surface area contributed by atoms with Gasteiger partial charge in [0.2, 0.25) is 5.69 Å². The molecule has 5 nitrogen and oxygen atoms in total. The fourth-order valence-electron chi connectivity index (χ4n) is 3.16. The molecule has 0 saturated heterocycles. The third-order valence-electron chi connectivity index (χ3n) is 4.74. The molecule has 0 atom stereocenters. The fraction of sp³-hybridized carbons (Fsp3) is 0.273. The molecule has 1 aliphatic rings. The number of anilines is 1. The zero-order valence-electron chi connectivity index (χ0n) is 15.5. The van der Waals surface area contributed by atoms with Crippen molar-refractivity contribution in [3.8, 4) is 16.9 Å². The van der Waals surface area contributed by atoms with E-state index in [1.54, 1.807) is 0 Å². The molecule has 138 valence electrons. The predicted octanol–water partition coefficient (Wildman–Crippen LogP) is 5.02. The Labute approximate surface area is 159 Å². The van der Waals surface area contributed by atoms with Crippen LogP contribution in [0, 0.1) is 6.57 Å². The monoisotopic (exact) mass is 362 g/mol. The van der Waals surface area contributed by atoms with E-state index in [1.807, 2.05) is 6.07 Å². The highest BCUT2D eigenvalue weighted by molar-refractivity contribution is 5.89. The summed E-state index contributed by atoms with van der Waals surface area (Å²) in [6.45, 7) is 16.0. The molecule has 0 saturated carbocycles. The number of carbonyl (C=O) groups is 1. The third-order valence-corrected chi connectivity index (χ3v) is 4.74. The third kappa shape index (κ3) is 3.65. The molecule has 0 unspecified atom stereocenters. The number of fused-ring (bicyclic) bond motifs is 1. The van der Waals surface area contributed by atoms with Gasteiger partial charge in [-0.1, -0.05) is 44.7 Å². The SMILES string of the molecule is [C-]#[N+]c1c(NCC(=C)C(=O)O)cc(-c2ccc(C(C)C)cc2)c2c1CCO2. The van der Waals surface area contributed by atoms with Crippen molar-refractivity contribution in [2.24, 2.45) is 0 Å². The number of aliphatic carboxylic acids is 1. The van der Waals surface area contributed by atoms with Gasteiger partial charge in [-0.05, 0) is 23.1 Å². The minimum atomic E-state index is -1.05. The standard InChI is InChI=1S/C22H22N2O3/c1-13(2)15-5-7-16(8-6-15)18-11-19(24-12-14(3)22(25)26)20(23-4)17-9-10-27-21(17)18/h5-8,11,13,24H,3,9-10,12H2,1-2H3,(H,25,26). The highest BCUT2D eigenvalue weighted by Gasteiger charge is 2.24. The number of carboxylic acids is 1. The summed E-state index contributed by atoms with van der Waals surface area (Å²) < 4.78 is 5.84. The minimum Gasteiger partial charge on any atom is -0.494 e. The van der Waals surface area contributed by atoms with Crippen molar-refractivity contribution in [3.63, 3.8) is 0 Å². The second-order valence-corrected chi connectivity index (χ2v) is 6.88. The summed E-state index contributed by atoms with van der Waals surface area (Å²) in [6, 6.07) is 10.2. The summed E-state index contributed by atoms with van der Waals surface area (Å²) >= 11 is 0. The van der Waals surface area contributed by atoms with Crippen molar-refractivity contribution in [2.45, 2.75) is 26.2 Å². The maximum atomic E-state index is 11.0. The van der Waals surface area contributed by atoms with Crippen LogP contribution >= 0.6 is 0 Å². The normalized spacial score (nSPS) is 12.2. The molecular formula is C22H22N2O3. The van der Waals surface area contributed by atoms with E-state index in [2.05, 4.69) is 54.9 Å². The van der Waals surface area contributed by atoms with E-state index in [4.69, 9.17) is 16.4 Å². The molecule has 0 amide bonds. The molecule has 2 aromatic carbocycles. The number of hydrogen-bond acceptors (Lipinski definition) is 3. The summed E-state index contributed by atoms with van der Waals surface area (Å²) in [5.41, 5.74) is 5.19. The predicted molar refractivity (Wildman–Crippen MR) is 107 cm³/mol. The van der Waals surface area contributed by atoms with Crippen LogP contribution in [0.4, 0.5) is 11.4 Å². The Bertz CT molecular complexity index is 938. The molecule has 0 fully saturated rings. The summed E-state index contributed by atoms with van der Waals surface area (Å²) in [4.78, 5) is 14.7. The van der Waals surface area contributed by atoms with Crippen molar-refractivity contribution in [1.29, 1.82) is 0 Å². The van der Waals surface area contributed by atoms with Gasteiger partial charge < -0.3 is 15.2 Å². The summed E-state index contributed by atoms with van der Waals surface area (Å²) in [5, 5.41) is 12.1. The lowest BCUT2D eigenvalue weighted by atomic mass is 9.95. The topological polar surface area (TPSA) is 62.9 Å². The van der Waals surface area contributed by atoms with Crippen LogP contribution in [0.1, 0.15) is 30.9 Å². The summed E-state index contributed by atoms with van der Waals surface area (Å²) in [5.74, 6) is 0.145. The van der Waals surface area contributed by atoms with Crippen molar-refractivity contribution < 1.29 is 14.6 Å². The smallest absolute Gasteiger partial charge is 0.332 e. The first kappa shape index (κ1) is 18.5. The average Bonchev–Trinajstić information content (AvgIpc) is 3.14. The van der Waals surface area contributed by atoms with E-state index >= 15 is 0 Å². The second-order valence-electron chi connectivity index (χ2n) is 6.88. The Hall–Kier alpha value is -3.26. The largest absolute Gasteiger partial charge is 0.494 e. The average molecular weight is 362 g/mol. The van der Waals surface area contributed by atoms with Crippen molar-refractivity contribution in [1.82, 2.24) is 0 Å². The molecule has 2 N–H and O–H groups in total. The molecule has 0 aromatic heterocycles. The fourth-order valence-corrected chi connectivity index (χ4v) is 3.16. The number of ether oxygens (including phenoxy) is 1. The summed E-state index contributed by atoms with van der Waals surface area (Å²) in [6.07, 6.45) is 0.666. The first-order valence-electron chi connectivity index (χ1n) is 8.87. The van der Waals surface area contributed by atoms with Gasteiger partial charge in [0.15, 0.2) is 0 Å². The Morgan fingerprint density at radius 3 is 2.67 bits per heavy atom. The number of nitrogens with zero attached hydrogens (tertiary/aromatic N) is 1. The van der Waals surface area contributed by atoms with Crippen LogP contribution in [0.5, 0.6) is 5.75 Å². The highest BCUT2D eigenvalue weighted by atomic mass is 16.5. The molecule has 0 radical (unpaired) electrons.